The Kier molecular flexibility index (Phi) is 2.77. The Morgan fingerprint density at radius 3 is 2.43 bits per heavy atom. The molecule has 0 aliphatic heterocycles. The molecule has 0 bridgehead atoms. The summed E-state index contributed by atoms with van der Waals surface area (Å²) in [5.41, 5.74) is 7.94. The monoisotopic (exact) mass is 283 g/mol. The fraction of sp³-hybridized carbons (Fsp3) is 0.412. The molecular formula is C17H21N3O. The number of aromatic nitrogens is 1. The van der Waals surface area contributed by atoms with Crippen molar-refractivity contribution in [3.05, 3.63) is 36.0 Å². The van der Waals surface area contributed by atoms with Crippen LogP contribution in [0, 0.1) is 10.8 Å². The second kappa shape index (κ2) is 4.20. The Morgan fingerprint density at radius 2 is 1.81 bits per heavy atom. The fourth-order valence-electron chi connectivity index (χ4n) is 3.08. The summed E-state index contributed by atoms with van der Waals surface area (Å²) >= 11 is 0. The van der Waals surface area contributed by atoms with E-state index in [9.17, 15) is 4.79 Å². The molecule has 1 aromatic carbocycles. The van der Waals surface area contributed by atoms with Crippen LogP contribution in [0.5, 0.6) is 0 Å². The zero-order chi connectivity index (χ0) is 15.4. The second-order valence-electron chi connectivity index (χ2n) is 6.96. The van der Waals surface area contributed by atoms with Gasteiger partial charge in [-0.1, -0.05) is 45.9 Å². The van der Waals surface area contributed by atoms with Gasteiger partial charge in [0.1, 0.15) is 5.69 Å². The number of amides is 1. The van der Waals surface area contributed by atoms with Crippen LogP contribution in [0.25, 0.3) is 10.9 Å². The highest BCUT2D eigenvalue weighted by molar-refractivity contribution is 5.99. The number of hydrogen-bond donors (Lipinski definition) is 2. The van der Waals surface area contributed by atoms with E-state index in [1.807, 2.05) is 24.3 Å². The van der Waals surface area contributed by atoms with Crippen LogP contribution in [0.15, 0.2) is 30.3 Å². The lowest BCUT2D eigenvalue weighted by Crippen LogP contribution is -2.30. The Morgan fingerprint density at radius 1 is 1.19 bits per heavy atom. The van der Waals surface area contributed by atoms with E-state index in [0.29, 0.717) is 11.4 Å². The molecular weight excluding hydrogens is 262 g/mol. The molecule has 0 spiro atoms. The maximum atomic E-state index is 12.4. The van der Waals surface area contributed by atoms with Crippen molar-refractivity contribution in [2.45, 2.75) is 33.7 Å². The van der Waals surface area contributed by atoms with Gasteiger partial charge in [-0.25, -0.2) is 4.98 Å². The molecule has 4 heteroatoms. The van der Waals surface area contributed by atoms with Gasteiger partial charge in [0.15, 0.2) is 0 Å². The largest absolute Gasteiger partial charge is 0.398 e. The summed E-state index contributed by atoms with van der Waals surface area (Å²) in [6, 6.07) is 9.39. The van der Waals surface area contributed by atoms with Crippen molar-refractivity contribution >= 4 is 22.5 Å². The molecule has 1 aliphatic carbocycles. The van der Waals surface area contributed by atoms with E-state index in [1.165, 1.54) is 0 Å². The van der Waals surface area contributed by atoms with Crippen LogP contribution in [-0.2, 0) is 0 Å². The van der Waals surface area contributed by atoms with Crippen LogP contribution < -0.4 is 11.1 Å². The van der Waals surface area contributed by atoms with Gasteiger partial charge in [0.2, 0.25) is 0 Å². The highest BCUT2D eigenvalue weighted by atomic mass is 16.2. The SMILES string of the molecule is CC1(C)C(NC(=O)c2cc(N)c3ccccc3n2)C1(C)C. The van der Waals surface area contributed by atoms with Crippen molar-refractivity contribution in [3.8, 4) is 0 Å². The van der Waals surface area contributed by atoms with Crippen molar-refractivity contribution in [3.63, 3.8) is 0 Å². The number of rotatable bonds is 2. The number of anilines is 1. The maximum Gasteiger partial charge on any atom is 0.270 e. The van der Waals surface area contributed by atoms with Gasteiger partial charge in [0.25, 0.3) is 5.91 Å². The van der Waals surface area contributed by atoms with Crippen LogP contribution in [0.3, 0.4) is 0 Å². The van der Waals surface area contributed by atoms with Gasteiger partial charge >= 0.3 is 0 Å². The van der Waals surface area contributed by atoms with E-state index in [0.717, 1.165) is 10.9 Å². The van der Waals surface area contributed by atoms with Crippen LogP contribution in [0.2, 0.25) is 0 Å². The number of pyridine rings is 1. The molecule has 4 nitrogen and oxygen atoms in total. The van der Waals surface area contributed by atoms with Gasteiger partial charge in [-0.05, 0) is 23.0 Å². The standard InChI is InChI=1S/C17H21N3O/c1-16(2)15(17(16,3)4)20-14(21)13-9-11(18)10-7-5-6-8-12(10)19-13/h5-9,15H,1-4H3,(H2,18,19)(H,20,21). The van der Waals surface area contributed by atoms with Gasteiger partial charge in [-0.3, -0.25) is 4.79 Å². The van der Waals surface area contributed by atoms with Crippen molar-refractivity contribution in [1.29, 1.82) is 0 Å². The van der Waals surface area contributed by atoms with E-state index in [1.54, 1.807) is 6.07 Å². The van der Waals surface area contributed by atoms with Gasteiger partial charge in [0, 0.05) is 17.1 Å². The number of nitrogens with one attached hydrogen (secondary N) is 1. The molecule has 1 saturated carbocycles. The summed E-state index contributed by atoms with van der Waals surface area (Å²) in [5.74, 6) is -0.156. The van der Waals surface area contributed by atoms with Gasteiger partial charge in [0.05, 0.1) is 5.52 Å². The molecule has 110 valence electrons. The number of para-hydroxylation sites is 1. The quantitative estimate of drug-likeness (QED) is 0.890. The molecule has 1 amide bonds. The minimum atomic E-state index is -0.156. The molecule has 1 aliphatic rings. The van der Waals surface area contributed by atoms with Crippen molar-refractivity contribution in [2.75, 3.05) is 5.73 Å². The van der Waals surface area contributed by atoms with Crippen LogP contribution in [-0.4, -0.2) is 16.9 Å². The Hall–Kier alpha value is -2.10. The lowest BCUT2D eigenvalue weighted by Gasteiger charge is -2.08. The van der Waals surface area contributed by atoms with Crippen molar-refractivity contribution in [1.82, 2.24) is 10.3 Å². The number of nitrogen functional groups attached to an aromatic ring is 1. The zero-order valence-electron chi connectivity index (χ0n) is 12.9. The Balaban J connectivity index is 1.90. The van der Waals surface area contributed by atoms with E-state index in [2.05, 4.69) is 38.0 Å². The number of fused-ring (bicyclic) bond motifs is 1. The minimum Gasteiger partial charge on any atom is -0.398 e. The molecule has 3 rings (SSSR count). The lowest BCUT2D eigenvalue weighted by atomic mass is 10.0. The molecule has 3 N–H and O–H groups in total. The Bertz CT molecular complexity index is 720. The molecule has 1 aromatic heterocycles. The average Bonchev–Trinajstić information content (AvgIpc) is 2.81. The second-order valence-corrected chi connectivity index (χ2v) is 6.96. The smallest absolute Gasteiger partial charge is 0.270 e. The first kappa shape index (κ1) is 13.9. The van der Waals surface area contributed by atoms with Crippen LogP contribution in [0.4, 0.5) is 5.69 Å². The van der Waals surface area contributed by atoms with Crippen LogP contribution >= 0.6 is 0 Å². The average molecular weight is 283 g/mol. The van der Waals surface area contributed by atoms with E-state index in [-0.39, 0.29) is 22.8 Å². The zero-order valence-corrected chi connectivity index (χ0v) is 12.9. The summed E-state index contributed by atoms with van der Waals surface area (Å²) in [6.45, 7) is 8.67. The minimum absolute atomic E-state index is 0.102. The van der Waals surface area contributed by atoms with Gasteiger partial charge in [-0.2, -0.15) is 0 Å². The molecule has 1 heterocycles. The number of benzene rings is 1. The third-order valence-electron chi connectivity index (χ3n) is 5.28. The van der Waals surface area contributed by atoms with Crippen LogP contribution in [0.1, 0.15) is 38.2 Å². The molecule has 1 fully saturated rings. The predicted molar refractivity (Wildman–Crippen MR) is 85.0 cm³/mol. The van der Waals surface area contributed by atoms with Crippen molar-refractivity contribution < 1.29 is 4.79 Å². The first-order chi connectivity index (χ1) is 9.75. The summed E-state index contributed by atoms with van der Waals surface area (Å²) in [5, 5.41) is 3.96. The third-order valence-corrected chi connectivity index (χ3v) is 5.28. The van der Waals surface area contributed by atoms with E-state index >= 15 is 0 Å². The molecule has 21 heavy (non-hydrogen) atoms. The highest BCUT2D eigenvalue weighted by Gasteiger charge is 2.65. The number of carbonyl (C=O) groups excluding carboxylic acids is 1. The molecule has 2 aromatic rings. The van der Waals surface area contributed by atoms with Crippen molar-refractivity contribution in [2.24, 2.45) is 10.8 Å². The summed E-state index contributed by atoms with van der Waals surface area (Å²) in [6.07, 6.45) is 0. The molecule has 0 radical (unpaired) electrons. The lowest BCUT2D eigenvalue weighted by molar-refractivity contribution is 0.0939. The topological polar surface area (TPSA) is 68.0 Å². The predicted octanol–water partition coefficient (Wildman–Crippen LogP) is 2.98. The summed E-state index contributed by atoms with van der Waals surface area (Å²) in [7, 11) is 0. The third kappa shape index (κ3) is 1.97. The fourth-order valence-corrected chi connectivity index (χ4v) is 3.08. The number of carbonyl (C=O) groups is 1. The van der Waals surface area contributed by atoms with Gasteiger partial charge < -0.3 is 11.1 Å². The van der Waals surface area contributed by atoms with E-state index < -0.39 is 0 Å². The van der Waals surface area contributed by atoms with Gasteiger partial charge in [-0.15, -0.1) is 0 Å². The molecule has 0 atom stereocenters. The van der Waals surface area contributed by atoms with E-state index in [4.69, 9.17) is 5.73 Å². The number of nitrogens with two attached hydrogens (primary N) is 1. The Labute approximate surface area is 124 Å². The molecule has 0 saturated heterocycles. The normalized spacial score (nSPS) is 19.4. The number of hydrogen-bond acceptors (Lipinski definition) is 3. The molecule has 0 unspecified atom stereocenters. The summed E-state index contributed by atoms with van der Waals surface area (Å²) in [4.78, 5) is 16.9. The first-order valence-electron chi connectivity index (χ1n) is 7.21. The highest BCUT2D eigenvalue weighted by Crippen LogP contribution is 2.62. The number of nitrogens with zero attached hydrogens (tertiary/aromatic N) is 1. The maximum absolute atomic E-state index is 12.4. The first-order valence-corrected chi connectivity index (χ1v) is 7.21. The summed E-state index contributed by atoms with van der Waals surface area (Å²) < 4.78 is 0.